The molecule has 138 valence electrons. The number of carbonyl (C=O) groups excluding carboxylic acids is 1. The van der Waals surface area contributed by atoms with Gasteiger partial charge in [-0.15, -0.1) is 0 Å². The maximum Gasteiger partial charge on any atom is 0.276 e. The highest BCUT2D eigenvalue weighted by Gasteiger charge is 2.27. The van der Waals surface area contributed by atoms with E-state index in [2.05, 4.69) is 10.3 Å². The van der Waals surface area contributed by atoms with Crippen LogP contribution in [-0.2, 0) is 13.0 Å². The summed E-state index contributed by atoms with van der Waals surface area (Å²) in [6, 6.07) is 10.8. The molecule has 0 spiro atoms. The number of amides is 1. The highest BCUT2D eigenvalue weighted by Crippen LogP contribution is 2.28. The Kier molecular flexibility index (Phi) is 4.57. The molecule has 4 rings (SSSR count). The van der Waals surface area contributed by atoms with E-state index in [1.807, 2.05) is 24.3 Å². The Balaban J connectivity index is 1.54. The van der Waals surface area contributed by atoms with Gasteiger partial charge in [-0.2, -0.15) is 4.39 Å². The first-order valence-corrected chi connectivity index (χ1v) is 9.07. The van der Waals surface area contributed by atoms with Crippen LogP contribution in [0.1, 0.15) is 21.6 Å². The molecule has 0 saturated carbocycles. The minimum absolute atomic E-state index is 0.0266. The topological polar surface area (TPSA) is 45.2 Å². The first-order valence-electron chi connectivity index (χ1n) is 8.26. The van der Waals surface area contributed by atoms with Gasteiger partial charge in [0.1, 0.15) is 11.6 Å². The molecule has 0 unspecified atom stereocenters. The second-order valence-electron chi connectivity index (χ2n) is 6.14. The number of aromatic nitrogens is 1. The summed E-state index contributed by atoms with van der Waals surface area (Å²) in [5, 5.41) is 1.87. The third-order valence-corrected chi connectivity index (χ3v) is 5.14. The van der Waals surface area contributed by atoms with Crippen LogP contribution in [0.5, 0.6) is 0 Å². The zero-order valence-electron chi connectivity index (χ0n) is 14.0. The lowest BCUT2D eigenvalue weighted by Gasteiger charge is -2.28. The van der Waals surface area contributed by atoms with Gasteiger partial charge in [-0.25, -0.2) is 13.8 Å². The second kappa shape index (κ2) is 7.03. The van der Waals surface area contributed by atoms with Gasteiger partial charge in [0.2, 0.25) is 5.13 Å². The number of rotatable bonds is 3. The van der Waals surface area contributed by atoms with Gasteiger partial charge in [-0.3, -0.25) is 4.79 Å². The third-order valence-electron chi connectivity index (χ3n) is 4.38. The van der Waals surface area contributed by atoms with Gasteiger partial charge in [-0.1, -0.05) is 35.6 Å². The molecule has 0 aliphatic carbocycles. The number of hydrogen-bond donors (Lipinski definition) is 1. The number of nitrogens with zero attached hydrogens (tertiary/aromatic N) is 2. The van der Waals surface area contributed by atoms with E-state index in [1.165, 1.54) is 11.6 Å². The maximum atomic E-state index is 14.3. The van der Waals surface area contributed by atoms with E-state index in [1.54, 1.807) is 4.90 Å². The van der Waals surface area contributed by atoms with Crippen molar-refractivity contribution in [2.24, 2.45) is 0 Å². The summed E-state index contributed by atoms with van der Waals surface area (Å²) in [5.74, 6) is -2.05. The first-order chi connectivity index (χ1) is 13.0. The largest absolute Gasteiger partial charge is 0.333 e. The molecular formula is C19H14F3N3OS. The lowest BCUT2D eigenvalue weighted by molar-refractivity contribution is 0.0725. The van der Waals surface area contributed by atoms with Gasteiger partial charge in [0.25, 0.3) is 5.91 Å². The van der Waals surface area contributed by atoms with Crippen molar-refractivity contribution in [2.75, 3.05) is 11.9 Å². The fourth-order valence-electron chi connectivity index (χ4n) is 3.01. The summed E-state index contributed by atoms with van der Waals surface area (Å²) in [4.78, 5) is 18.2. The standard InChI is InChI=1S/C19H14F3N3OS/c20-13-5-6-15(14(21)9-13)23-19-24-16(17(22)27-19)18(26)25-8-7-11-3-1-2-4-12(11)10-25/h1-6,9H,7-8,10H2,(H,23,24). The molecule has 1 amide bonds. The number of thiazole rings is 1. The van der Waals surface area contributed by atoms with E-state index in [-0.39, 0.29) is 16.5 Å². The zero-order valence-corrected chi connectivity index (χ0v) is 14.8. The summed E-state index contributed by atoms with van der Waals surface area (Å²) < 4.78 is 41.0. The van der Waals surface area contributed by atoms with E-state index < -0.39 is 22.7 Å². The number of anilines is 2. The number of fused-ring (bicyclic) bond motifs is 1. The third kappa shape index (κ3) is 3.52. The van der Waals surface area contributed by atoms with Gasteiger partial charge < -0.3 is 10.2 Å². The quantitative estimate of drug-likeness (QED) is 0.717. The van der Waals surface area contributed by atoms with Crippen LogP contribution < -0.4 is 5.32 Å². The molecule has 4 nitrogen and oxygen atoms in total. The van der Waals surface area contributed by atoms with E-state index in [0.29, 0.717) is 36.9 Å². The summed E-state index contributed by atoms with van der Waals surface area (Å²) >= 11 is 0.603. The number of nitrogens with one attached hydrogen (secondary N) is 1. The molecule has 3 aromatic rings. The van der Waals surface area contributed by atoms with Gasteiger partial charge in [0.15, 0.2) is 10.8 Å². The van der Waals surface area contributed by atoms with Crippen molar-refractivity contribution in [3.8, 4) is 0 Å². The molecule has 2 heterocycles. The summed E-state index contributed by atoms with van der Waals surface area (Å²) in [6.45, 7) is 0.865. The Morgan fingerprint density at radius 1 is 1.11 bits per heavy atom. The van der Waals surface area contributed by atoms with Crippen LogP contribution in [-0.4, -0.2) is 22.3 Å². The van der Waals surface area contributed by atoms with Crippen molar-refractivity contribution in [3.63, 3.8) is 0 Å². The van der Waals surface area contributed by atoms with Crippen LogP contribution in [0.15, 0.2) is 42.5 Å². The molecule has 0 atom stereocenters. The van der Waals surface area contributed by atoms with Crippen LogP contribution in [0.25, 0.3) is 0 Å². The zero-order chi connectivity index (χ0) is 19.0. The maximum absolute atomic E-state index is 14.3. The van der Waals surface area contributed by atoms with Crippen molar-refractivity contribution >= 4 is 28.1 Å². The van der Waals surface area contributed by atoms with Crippen molar-refractivity contribution in [1.82, 2.24) is 9.88 Å². The van der Waals surface area contributed by atoms with Gasteiger partial charge in [-0.05, 0) is 29.7 Å². The van der Waals surface area contributed by atoms with E-state index in [4.69, 9.17) is 0 Å². The van der Waals surface area contributed by atoms with Crippen molar-refractivity contribution in [3.05, 3.63) is 76.1 Å². The SMILES string of the molecule is O=C(c1nc(Nc2ccc(F)cc2F)sc1F)N1CCc2ccccc2C1. The van der Waals surface area contributed by atoms with Gasteiger partial charge in [0.05, 0.1) is 5.69 Å². The number of benzene rings is 2. The lowest BCUT2D eigenvalue weighted by Crippen LogP contribution is -2.36. The lowest BCUT2D eigenvalue weighted by atomic mass is 10.00. The molecule has 27 heavy (non-hydrogen) atoms. The number of carbonyl (C=O) groups is 1. The summed E-state index contributed by atoms with van der Waals surface area (Å²) in [6.07, 6.45) is 0.694. The molecule has 1 aliphatic heterocycles. The summed E-state index contributed by atoms with van der Waals surface area (Å²) in [7, 11) is 0. The van der Waals surface area contributed by atoms with Crippen molar-refractivity contribution in [1.29, 1.82) is 0 Å². The molecular weight excluding hydrogens is 375 g/mol. The number of halogens is 3. The summed E-state index contributed by atoms with van der Waals surface area (Å²) in [5.41, 5.74) is 1.86. The predicted molar refractivity (Wildman–Crippen MR) is 96.6 cm³/mol. The Labute approximate surface area is 157 Å². The van der Waals surface area contributed by atoms with Crippen LogP contribution >= 0.6 is 11.3 Å². The van der Waals surface area contributed by atoms with Gasteiger partial charge in [0, 0.05) is 19.2 Å². The monoisotopic (exact) mass is 389 g/mol. The van der Waals surface area contributed by atoms with Crippen molar-refractivity contribution in [2.45, 2.75) is 13.0 Å². The normalized spacial score (nSPS) is 13.4. The minimum Gasteiger partial charge on any atom is -0.333 e. The van der Waals surface area contributed by atoms with Crippen LogP contribution in [0.4, 0.5) is 24.0 Å². The van der Waals surface area contributed by atoms with Crippen LogP contribution in [0.3, 0.4) is 0 Å². The molecule has 0 bridgehead atoms. The molecule has 1 aromatic heterocycles. The average Bonchev–Trinajstić information content (AvgIpc) is 3.03. The predicted octanol–water partition coefficient (Wildman–Crippen LogP) is 4.50. The molecule has 0 fully saturated rings. The Hall–Kier alpha value is -2.87. The van der Waals surface area contributed by atoms with Crippen molar-refractivity contribution < 1.29 is 18.0 Å². The second-order valence-corrected chi connectivity index (χ2v) is 7.09. The highest BCUT2D eigenvalue weighted by molar-refractivity contribution is 7.14. The molecule has 2 aromatic carbocycles. The molecule has 0 radical (unpaired) electrons. The smallest absolute Gasteiger partial charge is 0.276 e. The van der Waals surface area contributed by atoms with Crippen LogP contribution in [0, 0.1) is 16.8 Å². The average molecular weight is 389 g/mol. The molecule has 0 saturated heterocycles. The number of hydrogen-bond acceptors (Lipinski definition) is 4. The molecule has 8 heteroatoms. The highest BCUT2D eigenvalue weighted by atomic mass is 32.1. The fraction of sp³-hybridized carbons (Fsp3) is 0.158. The Morgan fingerprint density at radius 2 is 1.89 bits per heavy atom. The van der Waals surface area contributed by atoms with E-state index in [9.17, 15) is 18.0 Å². The van der Waals surface area contributed by atoms with E-state index >= 15 is 0 Å². The molecule has 1 N–H and O–H groups in total. The van der Waals surface area contributed by atoms with Gasteiger partial charge >= 0.3 is 0 Å². The molecule has 1 aliphatic rings. The Bertz CT molecular complexity index is 1020. The van der Waals surface area contributed by atoms with E-state index in [0.717, 1.165) is 11.6 Å². The fourth-order valence-corrected chi connectivity index (χ4v) is 3.71. The Morgan fingerprint density at radius 3 is 2.67 bits per heavy atom. The minimum atomic E-state index is -0.828. The first kappa shape index (κ1) is 17.5. The van der Waals surface area contributed by atoms with Crippen LogP contribution in [0.2, 0.25) is 0 Å².